The maximum absolute atomic E-state index is 11.4. The van der Waals surface area contributed by atoms with E-state index in [9.17, 15) is 9.59 Å². The maximum atomic E-state index is 11.4. The molecule has 0 aliphatic carbocycles. The Morgan fingerprint density at radius 2 is 2.22 bits per heavy atom. The topological polar surface area (TPSA) is 70.5 Å². The van der Waals surface area contributed by atoms with E-state index >= 15 is 0 Å². The number of amides is 1. The SMILES string of the molecule is CC(=O)N1CCC[C@@H](c2nc(C)c(C(=O)O)s2)C1. The zero-order chi connectivity index (χ0) is 13.3. The summed E-state index contributed by atoms with van der Waals surface area (Å²) >= 11 is 1.24. The van der Waals surface area contributed by atoms with Gasteiger partial charge in [0, 0.05) is 25.9 Å². The van der Waals surface area contributed by atoms with E-state index in [0.29, 0.717) is 17.1 Å². The van der Waals surface area contributed by atoms with Crippen LogP contribution >= 0.6 is 11.3 Å². The molecular weight excluding hydrogens is 252 g/mol. The molecule has 18 heavy (non-hydrogen) atoms. The van der Waals surface area contributed by atoms with E-state index < -0.39 is 5.97 Å². The molecule has 5 nitrogen and oxygen atoms in total. The molecule has 2 rings (SSSR count). The Hall–Kier alpha value is -1.43. The summed E-state index contributed by atoms with van der Waals surface area (Å²) in [6.45, 7) is 4.73. The van der Waals surface area contributed by atoms with Crippen molar-refractivity contribution in [2.75, 3.05) is 13.1 Å². The Kier molecular flexibility index (Phi) is 3.65. The van der Waals surface area contributed by atoms with Gasteiger partial charge in [0.1, 0.15) is 4.88 Å². The molecule has 98 valence electrons. The maximum Gasteiger partial charge on any atom is 0.347 e. The normalized spacial score (nSPS) is 19.9. The highest BCUT2D eigenvalue weighted by molar-refractivity contribution is 7.13. The molecule has 0 radical (unpaired) electrons. The molecule has 1 saturated heterocycles. The third-order valence-corrected chi connectivity index (χ3v) is 4.53. The van der Waals surface area contributed by atoms with Gasteiger partial charge in [-0.2, -0.15) is 0 Å². The van der Waals surface area contributed by atoms with E-state index in [2.05, 4.69) is 4.98 Å². The van der Waals surface area contributed by atoms with Crippen LogP contribution in [0.2, 0.25) is 0 Å². The zero-order valence-corrected chi connectivity index (χ0v) is 11.3. The van der Waals surface area contributed by atoms with Gasteiger partial charge in [-0.1, -0.05) is 0 Å². The van der Waals surface area contributed by atoms with Crippen molar-refractivity contribution in [2.45, 2.75) is 32.6 Å². The quantitative estimate of drug-likeness (QED) is 0.889. The van der Waals surface area contributed by atoms with Crippen molar-refractivity contribution in [3.8, 4) is 0 Å². The molecular formula is C12H16N2O3S. The summed E-state index contributed by atoms with van der Waals surface area (Å²) in [5, 5.41) is 9.87. The van der Waals surface area contributed by atoms with E-state index in [-0.39, 0.29) is 11.8 Å². The Labute approximate surface area is 109 Å². The number of carbonyl (C=O) groups excluding carboxylic acids is 1. The molecule has 0 saturated carbocycles. The van der Waals surface area contributed by atoms with E-state index in [1.165, 1.54) is 11.3 Å². The number of piperidine rings is 1. The Balaban J connectivity index is 2.18. The summed E-state index contributed by atoms with van der Waals surface area (Å²) in [5.74, 6) is -0.665. The fourth-order valence-corrected chi connectivity index (χ4v) is 3.29. The molecule has 1 N–H and O–H groups in total. The minimum Gasteiger partial charge on any atom is -0.477 e. The number of carbonyl (C=O) groups is 2. The van der Waals surface area contributed by atoms with Crippen molar-refractivity contribution in [3.05, 3.63) is 15.6 Å². The van der Waals surface area contributed by atoms with Gasteiger partial charge in [-0.05, 0) is 19.8 Å². The van der Waals surface area contributed by atoms with E-state index in [4.69, 9.17) is 5.11 Å². The standard InChI is InChI=1S/C12H16N2O3S/c1-7-10(12(16)17)18-11(13-7)9-4-3-5-14(6-9)8(2)15/h9H,3-6H2,1-2H3,(H,16,17)/t9-/m1/s1. The van der Waals surface area contributed by atoms with Gasteiger partial charge in [-0.25, -0.2) is 9.78 Å². The van der Waals surface area contributed by atoms with Gasteiger partial charge in [-0.3, -0.25) is 4.79 Å². The van der Waals surface area contributed by atoms with E-state index in [0.717, 1.165) is 24.4 Å². The smallest absolute Gasteiger partial charge is 0.347 e. The molecule has 1 aliphatic heterocycles. The van der Waals surface area contributed by atoms with Crippen LogP contribution in [0.25, 0.3) is 0 Å². The molecule has 1 aromatic heterocycles. The highest BCUT2D eigenvalue weighted by atomic mass is 32.1. The summed E-state index contributed by atoms with van der Waals surface area (Å²) in [5.41, 5.74) is 0.572. The molecule has 1 atom stereocenters. The molecule has 6 heteroatoms. The van der Waals surface area contributed by atoms with E-state index in [1.54, 1.807) is 13.8 Å². The second-order valence-electron chi connectivity index (χ2n) is 4.58. The Morgan fingerprint density at radius 3 is 2.78 bits per heavy atom. The van der Waals surface area contributed by atoms with Crippen LogP contribution in [-0.2, 0) is 4.79 Å². The molecule has 0 spiro atoms. The summed E-state index contributed by atoms with van der Waals surface area (Å²) in [7, 11) is 0. The van der Waals surface area contributed by atoms with Crippen molar-refractivity contribution < 1.29 is 14.7 Å². The van der Waals surface area contributed by atoms with Gasteiger partial charge in [0.2, 0.25) is 5.91 Å². The number of aromatic carboxylic acids is 1. The number of aryl methyl sites for hydroxylation is 1. The van der Waals surface area contributed by atoms with Gasteiger partial charge in [-0.15, -0.1) is 11.3 Å². The summed E-state index contributed by atoms with van der Waals surface area (Å²) < 4.78 is 0. The van der Waals surface area contributed by atoms with Crippen LogP contribution in [0.1, 0.15) is 46.1 Å². The van der Waals surface area contributed by atoms with Gasteiger partial charge in [0.15, 0.2) is 0 Å². The van der Waals surface area contributed by atoms with E-state index in [1.807, 2.05) is 4.90 Å². The molecule has 2 heterocycles. The number of hydrogen-bond acceptors (Lipinski definition) is 4. The van der Waals surface area contributed by atoms with Crippen LogP contribution in [0.15, 0.2) is 0 Å². The van der Waals surface area contributed by atoms with Crippen LogP contribution in [0.5, 0.6) is 0 Å². The lowest BCUT2D eigenvalue weighted by Crippen LogP contribution is -2.37. The minimum absolute atomic E-state index is 0.0754. The molecule has 1 fully saturated rings. The average Bonchev–Trinajstić information content (AvgIpc) is 2.71. The third-order valence-electron chi connectivity index (χ3n) is 3.22. The number of carboxylic acids is 1. The largest absolute Gasteiger partial charge is 0.477 e. The van der Waals surface area contributed by atoms with Gasteiger partial charge in [0.25, 0.3) is 0 Å². The van der Waals surface area contributed by atoms with Crippen LogP contribution in [0.4, 0.5) is 0 Å². The highest BCUT2D eigenvalue weighted by Gasteiger charge is 2.26. The molecule has 0 aromatic carbocycles. The van der Waals surface area contributed by atoms with Crippen LogP contribution < -0.4 is 0 Å². The lowest BCUT2D eigenvalue weighted by molar-refractivity contribution is -0.130. The minimum atomic E-state index is -0.921. The number of rotatable bonds is 2. The third kappa shape index (κ3) is 2.53. The van der Waals surface area contributed by atoms with Crippen molar-refractivity contribution in [2.24, 2.45) is 0 Å². The van der Waals surface area contributed by atoms with Gasteiger partial charge >= 0.3 is 5.97 Å². The average molecular weight is 268 g/mol. The fraction of sp³-hybridized carbons (Fsp3) is 0.583. The number of thiazole rings is 1. The molecule has 1 aromatic rings. The molecule has 1 aliphatic rings. The lowest BCUT2D eigenvalue weighted by Gasteiger charge is -2.30. The monoisotopic (exact) mass is 268 g/mol. The summed E-state index contributed by atoms with van der Waals surface area (Å²) in [6, 6.07) is 0. The van der Waals surface area contributed by atoms with Crippen molar-refractivity contribution in [3.63, 3.8) is 0 Å². The lowest BCUT2D eigenvalue weighted by atomic mass is 9.99. The van der Waals surface area contributed by atoms with Crippen molar-refractivity contribution in [1.29, 1.82) is 0 Å². The first-order valence-electron chi connectivity index (χ1n) is 5.95. The fourth-order valence-electron chi connectivity index (χ4n) is 2.26. The van der Waals surface area contributed by atoms with Crippen LogP contribution in [0, 0.1) is 6.92 Å². The van der Waals surface area contributed by atoms with Crippen molar-refractivity contribution >= 4 is 23.2 Å². The number of carboxylic acid groups (broad SMARTS) is 1. The first-order valence-corrected chi connectivity index (χ1v) is 6.77. The van der Waals surface area contributed by atoms with Crippen LogP contribution in [0.3, 0.4) is 0 Å². The number of hydrogen-bond donors (Lipinski definition) is 1. The van der Waals surface area contributed by atoms with Gasteiger partial charge < -0.3 is 10.0 Å². The summed E-state index contributed by atoms with van der Waals surface area (Å²) in [6.07, 6.45) is 1.92. The molecule has 0 bridgehead atoms. The second kappa shape index (κ2) is 5.06. The summed E-state index contributed by atoms with van der Waals surface area (Å²) in [4.78, 5) is 28.8. The Bertz CT molecular complexity index is 484. The number of aromatic nitrogens is 1. The molecule has 0 unspecified atom stereocenters. The highest BCUT2D eigenvalue weighted by Crippen LogP contribution is 2.31. The van der Waals surface area contributed by atoms with Crippen LogP contribution in [-0.4, -0.2) is 40.0 Å². The second-order valence-corrected chi connectivity index (χ2v) is 5.61. The van der Waals surface area contributed by atoms with Crippen molar-refractivity contribution in [1.82, 2.24) is 9.88 Å². The predicted molar refractivity (Wildman–Crippen MR) is 68.0 cm³/mol. The number of nitrogens with zero attached hydrogens (tertiary/aromatic N) is 2. The van der Waals surface area contributed by atoms with Gasteiger partial charge in [0.05, 0.1) is 10.7 Å². The zero-order valence-electron chi connectivity index (χ0n) is 10.5. The Morgan fingerprint density at radius 1 is 1.50 bits per heavy atom. The first kappa shape index (κ1) is 13.0. The molecule has 1 amide bonds. The number of likely N-dealkylation sites (tertiary alicyclic amines) is 1. The predicted octanol–water partition coefficient (Wildman–Crippen LogP) is 1.88. The first-order chi connectivity index (χ1) is 8.49.